The van der Waals surface area contributed by atoms with Crippen LogP contribution < -0.4 is 4.74 Å². The zero-order chi connectivity index (χ0) is 13.2. The van der Waals surface area contributed by atoms with E-state index in [1.807, 2.05) is 56.4 Å². The summed E-state index contributed by atoms with van der Waals surface area (Å²) in [7, 11) is 0. The van der Waals surface area contributed by atoms with E-state index in [4.69, 9.17) is 4.74 Å². The fourth-order valence-electron chi connectivity index (χ4n) is 1.89. The van der Waals surface area contributed by atoms with Crippen molar-refractivity contribution in [1.29, 1.82) is 0 Å². The molecule has 0 fully saturated rings. The Balaban J connectivity index is 1.93. The highest BCUT2D eigenvalue weighted by Gasteiger charge is 2.02. The van der Waals surface area contributed by atoms with E-state index in [0.717, 1.165) is 16.7 Å². The first-order valence-corrected chi connectivity index (χ1v) is 6.19. The van der Waals surface area contributed by atoms with Gasteiger partial charge in [-0.3, -0.25) is 0 Å². The molecule has 0 unspecified atom stereocenters. The number of hydrogen-bond donors (Lipinski definition) is 0. The second-order valence-electron chi connectivity index (χ2n) is 4.62. The van der Waals surface area contributed by atoms with Crippen molar-refractivity contribution < 1.29 is 4.74 Å². The highest BCUT2D eigenvalue weighted by atomic mass is 16.5. The predicted molar refractivity (Wildman–Crippen MR) is 75.5 cm³/mol. The first-order valence-electron chi connectivity index (χ1n) is 6.19. The zero-order valence-corrected chi connectivity index (χ0v) is 10.9. The Bertz CT molecular complexity index is 720. The van der Waals surface area contributed by atoms with Gasteiger partial charge >= 0.3 is 0 Å². The summed E-state index contributed by atoms with van der Waals surface area (Å²) in [6.07, 6.45) is 1.81. The van der Waals surface area contributed by atoms with Crippen LogP contribution in [-0.4, -0.2) is 9.97 Å². The molecule has 0 amide bonds. The quantitative estimate of drug-likeness (QED) is 0.688. The molecule has 2 heterocycles. The fraction of sp³-hybridized carbons (Fsp3) is 0.125. The molecule has 3 rings (SSSR count). The number of rotatable bonds is 2. The zero-order valence-electron chi connectivity index (χ0n) is 10.9. The van der Waals surface area contributed by atoms with Gasteiger partial charge in [-0.15, -0.1) is 0 Å². The number of benzene rings is 1. The number of pyridine rings is 2. The summed E-state index contributed by atoms with van der Waals surface area (Å²) in [5.41, 5.74) is 3.03. The van der Waals surface area contributed by atoms with E-state index in [1.54, 1.807) is 0 Å². The number of hydrogen-bond acceptors (Lipinski definition) is 3. The van der Waals surface area contributed by atoms with E-state index >= 15 is 0 Å². The Hall–Kier alpha value is -2.42. The Morgan fingerprint density at radius 2 is 1.68 bits per heavy atom. The van der Waals surface area contributed by atoms with E-state index in [-0.39, 0.29) is 0 Å². The van der Waals surface area contributed by atoms with E-state index in [2.05, 4.69) is 16.0 Å². The number of fused-ring (bicyclic) bond motifs is 1. The second kappa shape index (κ2) is 4.69. The maximum absolute atomic E-state index is 5.72. The van der Waals surface area contributed by atoms with Crippen molar-refractivity contribution in [3.8, 4) is 11.6 Å². The first-order chi connectivity index (χ1) is 9.20. The molecule has 3 heteroatoms. The van der Waals surface area contributed by atoms with Gasteiger partial charge in [0.15, 0.2) is 5.65 Å². The van der Waals surface area contributed by atoms with Gasteiger partial charge < -0.3 is 4.74 Å². The molecular formula is C16H14N2O. The van der Waals surface area contributed by atoms with Crippen molar-refractivity contribution in [2.45, 2.75) is 13.8 Å². The molecule has 0 atom stereocenters. The number of aromatic nitrogens is 2. The molecule has 0 aliphatic carbocycles. The Morgan fingerprint density at radius 3 is 2.47 bits per heavy atom. The molecule has 0 N–H and O–H groups in total. The lowest BCUT2D eigenvalue weighted by Gasteiger charge is -2.06. The van der Waals surface area contributed by atoms with E-state index < -0.39 is 0 Å². The molecule has 0 aliphatic rings. The minimum atomic E-state index is 0.563. The molecular weight excluding hydrogens is 236 g/mol. The molecule has 19 heavy (non-hydrogen) atoms. The molecule has 1 aromatic carbocycles. The fourth-order valence-corrected chi connectivity index (χ4v) is 1.89. The third-order valence-electron chi connectivity index (χ3n) is 2.90. The topological polar surface area (TPSA) is 35.0 Å². The second-order valence-corrected chi connectivity index (χ2v) is 4.62. The highest BCUT2D eigenvalue weighted by molar-refractivity contribution is 5.75. The van der Waals surface area contributed by atoms with Crippen molar-refractivity contribution in [3.05, 3.63) is 59.8 Å². The summed E-state index contributed by atoms with van der Waals surface area (Å²) >= 11 is 0. The van der Waals surface area contributed by atoms with Crippen LogP contribution >= 0.6 is 0 Å². The van der Waals surface area contributed by atoms with Crippen LogP contribution in [0.4, 0.5) is 0 Å². The molecule has 0 spiro atoms. The van der Waals surface area contributed by atoms with E-state index in [1.165, 1.54) is 5.56 Å². The minimum Gasteiger partial charge on any atom is -0.439 e. The van der Waals surface area contributed by atoms with Crippen molar-refractivity contribution in [2.75, 3.05) is 0 Å². The van der Waals surface area contributed by atoms with Crippen LogP contribution in [0.15, 0.2) is 48.7 Å². The summed E-state index contributed by atoms with van der Waals surface area (Å²) in [5.74, 6) is 1.34. The smallest absolute Gasteiger partial charge is 0.221 e. The van der Waals surface area contributed by atoms with Crippen molar-refractivity contribution >= 4 is 11.0 Å². The van der Waals surface area contributed by atoms with Crippen LogP contribution in [0.5, 0.6) is 11.6 Å². The van der Waals surface area contributed by atoms with E-state index in [0.29, 0.717) is 11.5 Å². The van der Waals surface area contributed by atoms with Gasteiger partial charge in [0, 0.05) is 17.6 Å². The summed E-state index contributed by atoms with van der Waals surface area (Å²) in [5, 5.41) is 1.02. The largest absolute Gasteiger partial charge is 0.439 e. The summed E-state index contributed by atoms with van der Waals surface area (Å²) in [6.45, 7) is 4.06. The third-order valence-corrected chi connectivity index (χ3v) is 2.90. The van der Waals surface area contributed by atoms with Crippen LogP contribution in [0, 0.1) is 13.8 Å². The monoisotopic (exact) mass is 250 g/mol. The lowest BCUT2D eigenvalue weighted by molar-refractivity contribution is 0.464. The van der Waals surface area contributed by atoms with Gasteiger partial charge in [-0.2, -0.15) is 4.98 Å². The van der Waals surface area contributed by atoms with Crippen LogP contribution in [0.1, 0.15) is 11.1 Å². The van der Waals surface area contributed by atoms with Gasteiger partial charge in [0.1, 0.15) is 5.75 Å². The molecule has 2 aromatic heterocycles. The average Bonchev–Trinajstić information content (AvgIpc) is 2.42. The van der Waals surface area contributed by atoms with Crippen molar-refractivity contribution in [2.24, 2.45) is 0 Å². The van der Waals surface area contributed by atoms with Gasteiger partial charge in [-0.25, -0.2) is 4.98 Å². The normalized spacial score (nSPS) is 10.6. The molecule has 3 nitrogen and oxygen atoms in total. The summed E-state index contributed by atoms with van der Waals surface area (Å²) in [4.78, 5) is 8.71. The maximum atomic E-state index is 5.72. The molecule has 0 saturated heterocycles. The third kappa shape index (κ3) is 2.55. The standard InChI is InChI=1S/C16H14N2O/c1-11-3-6-14(7-4-11)19-15-8-5-13-9-12(2)10-17-16(13)18-15/h3-10H,1-2H3. The maximum Gasteiger partial charge on any atom is 0.221 e. The van der Waals surface area contributed by atoms with Crippen LogP contribution in [0.25, 0.3) is 11.0 Å². The van der Waals surface area contributed by atoms with Gasteiger partial charge in [-0.1, -0.05) is 17.7 Å². The van der Waals surface area contributed by atoms with E-state index in [9.17, 15) is 0 Å². The first kappa shape index (κ1) is 11.7. The molecule has 0 radical (unpaired) electrons. The Morgan fingerprint density at radius 1 is 0.895 bits per heavy atom. The SMILES string of the molecule is Cc1ccc(Oc2ccc3cc(C)cnc3n2)cc1. The average molecular weight is 250 g/mol. The minimum absolute atomic E-state index is 0.563. The van der Waals surface area contributed by atoms with Crippen molar-refractivity contribution in [3.63, 3.8) is 0 Å². The van der Waals surface area contributed by atoms with Crippen molar-refractivity contribution in [1.82, 2.24) is 9.97 Å². The van der Waals surface area contributed by atoms with Crippen LogP contribution in [-0.2, 0) is 0 Å². The number of ether oxygens (including phenoxy) is 1. The van der Waals surface area contributed by atoms with Gasteiger partial charge in [0.2, 0.25) is 5.88 Å². The Kier molecular flexibility index (Phi) is 2.88. The summed E-state index contributed by atoms with van der Waals surface area (Å²) in [6, 6.07) is 13.8. The molecule has 94 valence electrons. The lowest BCUT2D eigenvalue weighted by atomic mass is 10.2. The molecule has 0 saturated carbocycles. The molecule has 0 bridgehead atoms. The number of nitrogens with zero attached hydrogens (tertiary/aromatic N) is 2. The van der Waals surface area contributed by atoms with Gasteiger partial charge in [0.05, 0.1) is 0 Å². The Labute approximate surface area is 111 Å². The van der Waals surface area contributed by atoms with Gasteiger partial charge in [0.25, 0.3) is 0 Å². The van der Waals surface area contributed by atoms with Crippen LogP contribution in [0.3, 0.4) is 0 Å². The molecule has 3 aromatic rings. The lowest BCUT2D eigenvalue weighted by Crippen LogP contribution is -1.90. The van der Waals surface area contributed by atoms with Crippen LogP contribution in [0.2, 0.25) is 0 Å². The number of aryl methyl sites for hydroxylation is 2. The highest BCUT2D eigenvalue weighted by Crippen LogP contribution is 2.22. The molecule has 0 aliphatic heterocycles. The summed E-state index contributed by atoms with van der Waals surface area (Å²) < 4.78 is 5.72. The van der Waals surface area contributed by atoms with Gasteiger partial charge in [-0.05, 0) is 43.7 Å². The predicted octanol–water partition coefficient (Wildman–Crippen LogP) is 4.04.